The molecule has 0 radical (unpaired) electrons. The second-order valence-corrected chi connectivity index (χ2v) is 3.32. The zero-order chi connectivity index (χ0) is 7.52. The molecule has 0 saturated carbocycles. The Morgan fingerprint density at radius 2 is 2.09 bits per heavy atom. The van der Waals surface area contributed by atoms with Crippen molar-refractivity contribution < 1.29 is 4.74 Å². The van der Waals surface area contributed by atoms with Crippen LogP contribution in [-0.2, 0) is 4.74 Å². The molecule has 2 heteroatoms. The van der Waals surface area contributed by atoms with Crippen molar-refractivity contribution in [3.8, 4) is 0 Å². The van der Waals surface area contributed by atoms with E-state index < -0.39 is 0 Å². The van der Waals surface area contributed by atoms with Gasteiger partial charge in [0, 0.05) is 13.1 Å². The first-order chi connectivity index (χ1) is 5.45. The Labute approximate surface area is 67.6 Å². The monoisotopic (exact) mass is 153 g/mol. The first-order valence-corrected chi connectivity index (χ1v) is 4.46. The van der Waals surface area contributed by atoms with E-state index in [2.05, 4.69) is 17.5 Å². The largest absolute Gasteiger partial charge is 0.372 e. The van der Waals surface area contributed by atoms with E-state index in [0.29, 0.717) is 12.2 Å². The van der Waals surface area contributed by atoms with Crippen molar-refractivity contribution >= 4 is 0 Å². The van der Waals surface area contributed by atoms with Crippen molar-refractivity contribution in [3.63, 3.8) is 0 Å². The summed E-state index contributed by atoms with van der Waals surface area (Å²) in [7, 11) is 0. The third-order valence-electron chi connectivity index (χ3n) is 2.35. The summed E-state index contributed by atoms with van der Waals surface area (Å²) in [6, 6.07) is 0. The molecule has 0 spiro atoms. The molecule has 2 aliphatic rings. The Morgan fingerprint density at radius 3 is 2.64 bits per heavy atom. The summed E-state index contributed by atoms with van der Waals surface area (Å²) in [5.41, 5.74) is 0. The Balaban J connectivity index is 1.72. The maximum Gasteiger partial charge on any atom is 0.0827 e. The fraction of sp³-hybridized carbons (Fsp3) is 0.778. The van der Waals surface area contributed by atoms with Gasteiger partial charge in [-0.15, -0.1) is 0 Å². The highest BCUT2D eigenvalue weighted by molar-refractivity contribution is 4.91. The molecular formula is C9H15NO. The van der Waals surface area contributed by atoms with Gasteiger partial charge in [-0.1, -0.05) is 12.2 Å². The predicted octanol–water partition coefficient (Wildman–Crippen LogP) is 1.08. The summed E-state index contributed by atoms with van der Waals surface area (Å²) in [5, 5.41) is 3.21. The molecule has 0 aromatic carbocycles. The summed E-state index contributed by atoms with van der Waals surface area (Å²) in [5.74, 6) is 0. The standard InChI is InChI=1S/C9H15NO/c1-2-4-8(5-3-1)11-9-6-10-7-9/h1-2,8-10H,3-7H2. The first-order valence-electron chi connectivity index (χ1n) is 4.46. The number of nitrogens with one attached hydrogen (secondary N) is 1. The third-order valence-corrected chi connectivity index (χ3v) is 2.35. The van der Waals surface area contributed by atoms with Gasteiger partial charge in [0.05, 0.1) is 12.2 Å². The molecule has 0 aromatic heterocycles. The van der Waals surface area contributed by atoms with Gasteiger partial charge in [-0.2, -0.15) is 0 Å². The molecule has 1 N–H and O–H groups in total. The molecule has 1 aliphatic carbocycles. The van der Waals surface area contributed by atoms with Gasteiger partial charge in [-0.3, -0.25) is 0 Å². The molecule has 11 heavy (non-hydrogen) atoms. The van der Waals surface area contributed by atoms with E-state index in [1.165, 1.54) is 12.8 Å². The van der Waals surface area contributed by atoms with Crippen LogP contribution in [0.5, 0.6) is 0 Å². The molecule has 0 amide bonds. The van der Waals surface area contributed by atoms with Crippen molar-refractivity contribution in [3.05, 3.63) is 12.2 Å². The maximum absolute atomic E-state index is 5.81. The van der Waals surface area contributed by atoms with E-state index in [4.69, 9.17) is 4.74 Å². The fourth-order valence-corrected chi connectivity index (χ4v) is 1.52. The second kappa shape index (κ2) is 3.37. The van der Waals surface area contributed by atoms with Gasteiger partial charge in [0.1, 0.15) is 0 Å². The fourth-order valence-electron chi connectivity index (χ4n) is 1.52. The molecule has 2 rings (SSSR count). The molecule has 1 unspecified atom stereocenters. The lowest BCUT2D eigenvalue weighted by Crippen LogP contribution is -2.50. The predicted molar refractivity (Wildman–Crippen MR) is 44.5 cm³/mol. The van der Waals surface area contributed by atoms with Crippen LogP contribution in [0.3, 0.4) is 0 Å². The molecule has 1 heterocycles. The Kier molecular flexibility index (Phi) is 2.24. The van der Waals surface area contributed by atoms with E-state index >= 15 is 0 Å². The van der Waals surface area contributed by atoms with Crippen molar-refractivity contribution in [2.24, 2.45) is 0 Å². The highest BCUT2D eigenvalue weighted by atomic mass is 16.5. The lowest BCUT2D eigenvalue weighted by Gasteiger charge is -2.32. The van der Waals surface area contributed by atoms with Gasteiger partial charge < -0.3 is 10.1 Å². The third kappa shape index (κ3) is 1.82. The van der Waals surface area contributed by atoms with E-state index in [9.17, 15) is 0 Å². The maximum atomic E-state index is 5.81. The van der Waals surface area contributed by atoms with Crippen LogP contribution in [0.25, 0.3) is 0 Å². The van der Waals surface area contributed by atoms with Gasteiger partial charge in [0.2, 0.25) is 0 Å². The summed E-state index contributed by atoms with van der Waals surface area (Å²) in [6.45, 7) is 2.11. The van der Waals surface area contributed by atoms with Gasteiger partial charge in [0.15, 0.2) is 0 Å². The van der Waals surface area contributed by atoms with Crippen LogP contribution in [0.4, 0.5) is 0 Å². The highest BCUT2D eigenvalue weighted by Crippen LogP contribution is 2.16. The van der Waals surface area contributed by atoms with Gasteiger partial charge in [-0.05, 0) is 19.3 Å². The van der Waals surface area contributed by atoms with E-state index in [1.807, 2.05) is 0 Å². The normalized spacial score (nSPS) is 31.8. The average Bonchev–Trinajstić information content (AvgIpc) is 1.99. The van der Waals surface area contributed by atoms with Gasteiger partial charge >= 0.3 is 0 Å². The molecule has 62 valence electrons. The van der Waals surface area contributed by atoms with Crippen molar-refractivity contribution in [1.82, 2.24) is 5.32 Å². The van der Waals surface area contributed by atoms with Crippen molar-refractivity contribution in [2.45, 2.75) is 31.5 Å². The Morgan fingerprint density at radius 1 is 1.18 bits per heavy atom. The Hall–Kier alpha value is -0.340. The van der Waals surface area contributed by atoms with Crippen LogP contribution in [0.15, 0.2) is 12.2 Å². The van der Waals surface area contributed by atoms with Crippen molar-refractivity contribution in [2.75, 3.05) is 13.1 Å². The van der Waals surface area contributed by atoms with Gasteiger partial charge in [0.25, 0.3) is 0 Å². The smallest absolute Gasteiger partial charge is 0.0827 e. The summed E-state index contributed by atoms with van der Waals surface area (Å²) in [6.07, 6.45) is 9.03. The van der Waals surface area contributed by atoms with E-state index in [-0.39, 0.29) is 0 Å². The van der Waals surface area contributed by atoms with Crippen LogP contribution in [0, 0.1) is 0 Å². The first kappa shape index (κ1) is 7.32. The molecule has 1 saturated heterocycles. The highest BCUT2D eigenvalue weighted by Gasteiger charge is 2.21. The molecule has 2 nitrogen and oxygen atoms in total. The minimum atomic E-state index is 0.506. The summed E-state index contributed by atoms with van der Waals surface area (Å²) in [4.78, 5) is 0. The Bertz CT molecular complexity index is 152. The van der Waals surface area contributed by atoms with E-state index in [0.717, 1.165) is 19.5 Å². The van der Waals surface area contributed by atoms with Crippen LogP contribution in [-0.4, -0.2) is 25.3 Å². The number of ether oxygens (including phenoxy) is 1. The molecular weight excluding hydrogens is 138 g/mol. The summed E-state index contributed by atoms with van der Waals surface area (Å²) < 4.78 is 5.81. The lowest BCUT2D eigenvalue weighted by molar-refractivity contribution is -0.0403. The zero-order valence-corrected chi connectivity index (χ0v) is 6.75. The van der Waals surface area contributed by atoms with E-state index in [1.54, 1.807) is 0 Å². The second-order valence-electron chi connectivity index (χ2n) is 3.32. The number of allylic oxidation sites excluding steroid dienone is 1. The van der Waals surface area contributed by atoms with Crippen LogP contribution in [0.1, 0.15) is 19.3 Å². The lowest BCUT2D eigenvalue weighted by atomic mass is 10.0. The zero-order valence-electron chi connectivity index (χ0n) is 6.75. The number of hydrogen-bond donors (Lipinski definition) is 1. The van der Waals surface area contributed by atoms with Crippen LogP contribution < -0.4 is 5.32 Å². The minimum Gasteiger partial charge on any atom is -0.372 e. The minimum absolute atomic E-state index is 0.506. The molecule has 0 aromatic rings. The molecule has 0 bridgehead atoms. The topological polar surface area (TPSA) is 21.3 Å². The molecule has 1 aliphatic heterocycles. The number of rotatable bonds is 2. The van der Waals surface area contributed by atoms with Crippen LogP contribution >= 0.6 is 0 Å². The molecule has 1 atom stereocenters. The average molecular weight is 153 g/mol. The summed E-state index contributed by atoms with van der Waals surface area (Å²) >= 11 is 0. The molecule has 1 fully saturated rings. The van der Waals surface area contributed by atoms with Gasteiger partial charge in [-0.25, -0.2) is 0 Å². The quantitative estimate of drug-likeness (QED) is 0.599. The van der Waals surface area contributed by atoms with Crippen molar-refractivity contribution in [1.29, 1.82) is 0 Å². The van der Waals surface area contributed by atoms with Crippen LogP contribution in [0.2, 0.25) is 0 Å². The SMILES string of the molecule is C1=CCC(OC2CNC2)CC1. The number of hydrogen-bond acceptors (Lipinski definition) is 2.